The van der Waals surface area contributed by atoms with Gasteiger partial charge in [0.1, 0.15) is 0 Å². The standard InChI is InChI=1S/C22H22N2O4/c1-14-2-4-15(5-3-14)16-8-10-22(27,11-9-16)13-20(25)23-17-6-7-18-19(12-17)28-21(26)24-18/h2-8,12,27H,9-11,13H2,1H3,(H,23,25)(H,24,26). The Morgan fingerprint density at radius 3 is 2.75 bits per heavy atom. The molecule has 6 nitrogen and oxygen atoms in total. The van der Waals surface area contributed by atoms with Gasteiger partial charge in [-0.15, -0.1) is 0 Å². The number of hydrogen-bond donors (Lipinski definition) is 3. The van der Waals surface area contributed by atoms with E-state index in [9.17, 15) is 14.7 Å². The number of amides is 1. The van der Waals surface area contributed by atoms with Gasteiger partial charge in [-0.2, -0.15) is 0 Å². The van der Waals surface area contributed by atoms with Crippen LogP contribution < -0.4 is 11.1 Å². The fourth-order valence-electron chi connectivity index (χ4n) is 3.60. The number of aromatic amines is 1. The first-order valence-corrected chi connectivity index (χ1v) is 9.31. The van der Waals surface area contributed by atoms with Crippen molar-refractivity contribution < 1.29 is 14.3 Å². The summed E-state index contributed by atoms with van der Waals surface area (Å²) >= 11 is 0. The summed E-state index contributed by atoms with van der Waals surface area (Å²) in [4.78, 5) is 26.2. The summed E-state index contributed by atoms with van der Waals surface area (Å²) in [6.45, 7) is 2.05. The summed E-state index contributed by atoms with van der Waals surface area (Å²) in [5.41, 5.74) is 4.01. The zero-order valence-corrected chi connectivity index (χ0v) is 15.6. The second-order valence-corrected chi connectivity index (χ2v) is 7.47. The molecule has 1 unspecified atom stereocenters. The Morgan fingerprint density at radius 1 is 1.25 bits per heavy atom. The molecule has 0 saturated carbocycles. The average molecular weight is 378 g/mol. The summed E-state index contributed by atoms with van der Waals surface area (Å²) in [5.74, 6) is -0.807. The molecule has 0 aliphatic heterocycles. The van der Waals surface area contributed by atoms with Gasteiger partial charge in [0.15, 0.2) is 5.58 Å². The number of fused-ring (bicyclic) bond motifs is 1. The van der Waals surface area contributed by atoms with E-state index in [1.54, 1.807) is 18.2 Å². The lowest BCUT2D eigenvalue weighted by molar-refractivity contribution is -0.121. The average Bonchev–Trinajstić information content (AvgIpc) is 3.02. The maximum Gasteiger partial charge on any atom is 0.417 e. The van der Waals surface area contributed by atoms with Crippen LogP contribution in [0.5, 0.6) is 0 Å². The minimum Gasteiger partial charge on any atom is -0.408 e. The third-order valence-electron chi connectivity index (χ3n) is 5.20. The molecule has 6 heteroatoms. The van der Waals surface area contributed by atoms with Crippen molar-refractivity contribution in [2.45, 2.75) is 38.2 Å². The lowest BCUT2D eigenvalue weighted by Gasteiger charge is -2.31. The first kappa shape index (κ1) is 18.3. The van der Waals surface area contributed by atoms with E-state index in [0.717, 1.165) is 6.42 Å². The summed E-state index contributed by atoms with van der Waals surface area (Å²) in [6, 6.07) is 13.3. The van der Waals surface area contributed by atoms with E-state index >= 15 is 0 Å². The molecule has 1 heterocycles. The number of allylic oxidation sites excluding steroid dienone is 1. The zero-order chi connectivity index (χ0) is 19.7. The Labute approximate surface area is 161 Å². The molecular weight excluding hydrogens is 356 g/mol. The van der Waals surface area contributed by atoms with Crippen molar-refractivity contribution in [3.05, 3.63) is 70.2 Å². The van der Waals surface area contributed by atoms with E-state index in [1.807, 2.05) is 6.08 Å². The van der Waals surface area contributed by atoms with Crippen LogP contribution in [0.3, 0.4) is 0 Å². The smallest absolute Gasteiger partial charge is 0.408 e. The Morgan fingerprint density at radius 2 is 2.04 bits per heavy atom. The van der Waals surface area contributed by atoms with Gasteiger partial charge in [0.2, 0.25) is 5.91 Å². The third-order valence-corrected chi connectivity index (χ3v) is 5.20. The van der Waals surface area contributed by atoms with E-state index in [0.29, 0.717) is 29.6 Å². The van der Waals surface area contributed by atoms with E-state index < -0.39 is 11.4 Å². The van der Waals surface area contributed by atoms with Gasteiger partial charge in [-0.1, -0.05) is 35.9 Å². The van der Waals surface area contributed by atoms with Crippen LogP contribution in [0.15, 0.2) is 57.8 Å². The van der Waals surface area contributed by atoms with Crippen LogP contribution >= 0.6 is 0 Å². The first-order chi connectivity index (χ1) is 13.4. The number of rotatable bonds is 4. The number of carbonyl (C=O) groups excluding carboxylic acids is 1. The number of nitrogens with one attached hydrogen (secondary N) is 2. The van der Waals surface area contributed by atoms with Crippen molar-refractivity contribution in [2.75, 3.05) is 5.32 Å². The summed E-state index contributed by atoms with van der Waals surface area (Å²) in [6.07, 6.45) is 3.75. The highest BCUT2D eigenvalue weighted by molar-refractivity contribution is 5.93. The lowest BCUT2D eigenvalue weighted by Crippen LogP contribution is -2.35. The van der Waals surface area contributed by atoms with Crippen molar-refractivity contribution in [1.29, 1.82) is 0 Å². The maximum atomic E-state index is 12.4. The van der Waals surface area contributed by atoms with Crippen LogP contribution in [0, 0.1) is 6.92 Å². The minimum atomic E-state index is -1.05. The predicted molar refractivity (Wildman–Crippen MR) is 108 cm³/mol. The highest BCUT2D eigenvalue weighted by Gasteiger charge is 2.32. The molecule has 2 aromatic carbocycles. The van der Waals surface area contributed by atoms with Gasteiger partial charge in [-0.05, 0) is 49.5 Å². The van der Waals surface area contributed by atoms with Crippen molar-refractivity contribution in [1.82, 2.24) is 4.98 Å². The Balaban J connectivity index is 1.41. The fourth-order valence-corrected chi connectivity index (χ4v) is 3.60. The van der Waals surface area contributed by atoms with Crippen LogP contribution in [0.1, 0.15) is 36.8 Å². The number of oxazole rings is 1. The molecule has 3 N–H and O–H groups in total. The molecule has 1 aliphatic carbocycles. The van der Waals surface area contributed by atoms with Crippen molar-refractivity contribution in [3.8, 4) is 0 Å². The summed E-state index contributed by atoms with van der Waals surface area (Å²) < 4.78 is 5.00. The summed E-state index contributed by atoms with van der Waals surface area (Å²) in [7, 11) is 0. The molecule has 4 rings (SSSR count). The zero-order valence-electron chi connectivity index (χ0n) is 15.6. The second-order valence-electron chi connectivity index (χ2n) is 7.47. The second kappa shape index (κ2) is 7.13. The highest BCUT2D eigenvalue weighted by atomic mass is 16.4. The minimum absolute atomic E-state index is 0.0137. The van der Waals surface area contributed by atoms with Crippen molar-refractivity contribution in [2.24, 2.45) is 0 Å². The molecule has 1 atom stereocenters. The summed E-state index contributed by atoms with van der Waals surface area (Å²) in [5, 5.41) is 13.6. The van der Waals surface area contributed by atoms with E-state index in [2.05, 4.69) is 41.5 Å². The monoisotopic (exact) mass is 378 g/mol. The van der Waals surface area contributed by atoms with Gasteiger partial charge in [0.05, 0.1) is 17.5 Å². The molecular formula is C22H22N2O4. The van der Waals surface area contributed by atoms with Crippen molar-refractivity contribution in [3.63, 3.8) is 0 Å². The van der Waals surface area contributed by atoms with Crippen molar-refractivity contribution >= 4 is 28.3 Å². The molecule has 28 heavy (non-hydrogen) atoms. The normalized spacial score (nSPS) is 19.4. The molecule has 3 aromatic rings. The van der Waals surface area contributed by atoms with Gasteiger partial charge in [0, 0.05) is 11.8 Å². The molecule has 0 bridgehead atoms. The van der Waals surface area contributed by atoms with Gasteiger partial charge in [0.25, 0.3) is 0 Å². The molecule has 144 valence electrons. The van der Waals surface area contributed by atoms with Gasteiger partial charge in [-0.3, -0.25) is 9.78 Å². The molecule has 0 radical (unpaired) electrons. The van der Waals surface area contributed by atoms with E-state index in [1.165, 1.54) is 16.7 Å². The van der Waals surface area contributed by atoms with Gasteiger partial charge < -0.3 is 14.8 Å². The SMILES string of the molecule is Cc1ccc(C2=CCC(O)(CC(=O)Nc3ccc4[nH]c(=O)oc4c3)CC2)cc1. The highest BCUT2D eigenvalue weighted by Crippen LogP contribution is 2.35. The van der Waals surface area contributed by atoms with Crippen LogP contribution in [-0.4, -0.2) is 21.6 Å². The predicted octanol–water partition coefficient (Wildman–Crippen LogP) is 3.76. The number of hydrogen-bond acceptors (Lipinski definition) is 4. The third kappa shape index (κ3) is 3.92. The number of benzene rings is 2. The Kier molecular flexibility index (Phi) is 4.65. The maximum absolute atomic E-state index is 12.4. The van der Waals surface area contributed by atoms with E-state index in [4.69, 9.17) is 4.42 Å². The molecule has 1 aliphatic rings. The largest absolute Gasteiger partial charge is 0.417 e. The van der Waals surface area contributed by atoms with Crippen LogP contribution in [0.25, 0.3) is 16.7 Å². The van der Waals surface area contributed by atoms with Crippen LogP contribution in [0.2, 0.25) is 0 Å². The molecule has 0 fully saturated rings. The topological polar surface area (TPSA) is 95.3 Å². The number of aromatic nitrogens is 1. The van der Waals surface area contributed by atoms with Gasteiger partial charge >= 0.3 is 5.76 Å². The molecule has 1 amide bonds. The number of aliphatic hydroxyl groups is 1. The van der Waals surface area contributed by atoms with Gasteiger partial charge in [-0.25, -0.2) is 4.79 Å². The fraction of sp³-hybridized carbons (Fsp3) is 0.273. The molecule has 0 saturated heterocycles. The number of H-pyrrole nitrogens is 1. The van der Waals surface area contributed by atoms with E-state index in [-0.39, 0.29) is 12.3 Å². The Bertz CT molecular complexity index is 1110. The number of anilines is 1. The molecule has 1 aromatic heterocycles. The lowest BCUT2D eigenvalue weighted by atomic mass is 9.81. The quantitative estimate of drug-likeness (QED) is 0.644. The molecule has 0 spiro atoms. The number of aryl methyl sites for hydroxylation is 1. The van der Waals surface area contributed by atoms with Crippen LogP contribution in [0.4, 0.5) is 5.69 Å². The first-order valence-electron chi connectivity index (χ1n) is 9.31. The number of carbonyl (C=O) groups is 1. The van der Waals surface area contributed by atoms with Crippen LogP contribution in [-0.2, 0) is 4.79 Å². The Hall–Kier alpha value is -3.12.